The maximum Gasteiger partial charge on any atom is 0.0187 e. The van der Waals surface area contributed by atoms with Crippen LogP contribution in [0.1, 0.15) is 20.3 Å². The van der Waals surface area contributed by atoms with E-state index in [0.29, 0.717) is 6.04 Å². The van der Waals surface area contributed by atoms with E-state index in [0.717, 1.165) is 13.1 Å². The summed E-state index contributed by atoms with van der Waals surface area (Å²) in [6.45, 7) is 8.04. The van der Waals surface area contributed by atoms with Crippen LogP contribution in [0.3, 0.4) is 0 Å². The van der Waals surface area contributed by atoms with Crippen molar-refractivity contribution in [2.45, 2.75) is 26.3 Å². The van der Waals surface area contributed by atoms with E-state index in [1.54, 1.807) is 5.57 Å². The van der Waals surface area contributed by atoms with Crippen LogP contribution in [0.15, 0.2) is 11.6 Å². The molecule has 0 aromatic heterocycles. The molecule has 1 rings (SSSR count). The molecule has 76 valence electrons. The molecular formula is C11H22N2. The van der Waals surface area contributed by atoms with Crippen molar-refractivity contribution in [3.63, 3.8) is 0 Å². The zero-order valence-corrected chi connectivity index (χ0v) is 9.38. The Morgan fingerprint density at radius 3 is 2.54 bits per heavy atom. The van der Waals surface area contributed by atoms with Gasteiger partial charge in [-0.05, 0) is 34.4 Å². The van der Waals surface area contributed by atoms with E-state index in [-0.39, 0.29) is 0 Å². The summed E-state index contributed by atoms with van der Waals surface area (Å²) in [5.74, 6) is 0. The minimum atomic E-state index is 0.692. The predicted octanol–water partition coefficient (Wildman–Crippen LogP) is 1.59. The molecule has 2 heteroatoms. The first-order valence-corrected chi connectivity index (χ1v) is 5.16. The van der Waals surface area contributed by atoms with Gasteiger partial charge in [-0.2, -0.15) is 0 Å². The Hall–Kier alpha value is -0.340. The van der Waals surface area contributed by atoms with Crippen molar-refractivity contribution >= 4 is 0 Å². The maximum absolute atomic E-state index is 2.51. The van der Waals surface area contributed by atoms with E-state index in [4.69, 9.17) is 0 Å². The minimum absolute atomic E-state index is 0.692. The molecule has 0 bridgehead atoms. The molecule has 0 unspecified atom stereocenters. The fraction of sp³-hybridized carbons (Fsp3) is 0.818. The van der Waals surface area contributed by atoms with E-state index in [9.17, 15) is 0 Å². The second kappa shape index (κ2) is 4.77. The fourth-order valence-corrected chi connectivity index (χ4v) is 1.75. The van der Waals surface area contributed by atoms with Crippen LogP contribution in [0.2, 0.25) is 0 Å². The highest BCUT2D eigenvalue weighted by Crippen LogP contribution is 2.13. The van der Waals surface area contributed by atoms with Gasteiger partial charge in [0.1, 0.15) is 0 Å². The lowest BCUT2D eigenvalue weighted by Crippen LogP contribution is -2.35. The average Bonchev–Trinajstić information content (AvgIpc) is 2.04. The molecule has 1 aliphatic rings. The van der Waals surface area contributed by atoms with Gasteiger partial charge in [-0.1, -0.05) is 11.6 Å². The summed E-state index contributed by atoms with van der Waals surface area (Å²) < 4.78 is 0. The molecule has 1 heterocycles. The van der Waals surface area contributed by atoms with Gasteiger partial charge < -0.3 is 4.90 Å². The monoisotopic (exact) mass is 182 g/mol. The number of nitrogens with zero attached hydrogens (tertiary/aromatic N) is 2. The quantitative estimate of drug-likeness (QED) is 0.612. The fourth-order valence-electron chi connectivity index (χ4n) is 1.75. The molecule has 0 atom stereocenters. The molecule has 0 N–H and O–H groups in total. The molecule has 0 aromatic rings. The number of hydrogen-bond donors (Lipinski definition) is 0. The Kier molecular flexibility index (Phi) is 3.94. The zero-order chi connectivity index (χ0) is 9.84. The first-order chi connectivity index (χ1) is 6.09. The van der Waals surface area contributed by atoms with Gasteiger partial charge in [0.25, 0.3) is 0 Å². The summed E-state index contributed by atoms with van der Waals surface area (Å²) >= 11 is 0. The van der Waals surface area contributed by atoms with Crippen molar-refractivity contribution in [3.05, 3.63) is 11.6 Å². The predicted molar refractivity (Wildman–Crippen MR) is 58.0 cm³/mol. The molecule has 0 saturated heterocycles. The second-order valence-corrected chi connectivity index (χ2v) is 4.44. The number of hydrogen-bond acceptors (Lipinski definition) is 2. The van der Waals surface area contributed by atoms with Crippen molar-refractivity contribution < 1.29 is 0 Å². The maximum atomic E-state index is 2.51. The van der Waals surface area contributed by atoms with E-state index < -0.39 is 0 Å². The lowest BCUT2D eigenvalue weighted by atomic mass is 10.1. The zero-order valence-electron chi connectivity index (χ0n) is 9.38. The molecule has 0 amide bonds. The summed E-state index contributed by atoms with van der Waals surface area (Å²) in [5.41, 5.74) is 1.60. The van der Waals surface area contributed by atoms with Gasteiger partial charge in [0.05, 0.1) is 0 Å². The van der Waals surface area contributed by atoms with Crippen molar-refractivity contribution in [1.82, 2.24) is 9.80 Å². The van der Waals surface area contributed by atoms with Gasteiger partial charge in [-0.15, -0.1) is 0 Å². The van der Waals surface area contributed by atoms with Gasteiger partial charge in [0.2, 0.25) is 0 Å². The number of rotatable bonds is 3. The van der Waals surface area contributed by atoms with Crippen LogP contribution in [0.25, 0.3) is 0 Å². The van der Waals surface area contributed by atoms with Gasteiger partial charge in [0.15, 0.2) is 0 Å². The standard InChI is InChI=1S/C11H22N2/c1-10(2)13-7-5-11(6-8-13)9-12(3)4/h5,10H,6-9H2,1-4H3. The highest BCUT2D eigenvalue weighted by molar-refractivity contribution is 5.09. The van der Waals surface area contributed by atoms with Crippen LogP contribution in [0.5, 0.6) is 0 Å². The van der Waals surface area contributed by atoms with E-state index >= 15 is 0 Å². The molecule has 13 heavy (non-hydrogen) atoms. The third kappa shape index (κ3) is 3.49. The first-order valence-electron chi connectivity index (χ1n) is 5.16. The van der Waals surface area contributed by atoms with Gasteiger partial charge in [-0.3, -0.25) is 4.90 Å². The lowest BCUT2D eigenvalue weighted by Gasteiger charge is -2.30. The SMILES string of the molecule is CC(C)N1CC=C(CN(C)C)CC1. The van der Waals surface area contributed by atoms with E-state index in [1.165, 1.54) is 13.0 Å². The molecule has 2 nitrogen and oxygen atoms in total. The third-order valence-electron chi connectivity index (χ3n) is 2.58. The van der Waals surface area contributed by atoms with Gasteiger partial charge in [0, 0.05) is 25.7 Å². The molecule has 0 aliphatic carbocycles. The second-order valence-electron chi connectivity index (χ2n) is 4.44. The normalized spacial score (nSPS) is 19.7. The van der Waals surface area contributed by atoms with Crippen LogP contribution in [0.4, 0.5) is 0 Å². The molecule has 0 saturated carbocycles. The molecule has 0 spiro atoms. The Labute approximate surface area is 82.2 Å². The van der Waals surface area contributed by atoms with Gasteiger partial charge >= 0.3 is 0 Å². The Morgan fingerprint density at radius 1 is 1.46 bits per heavy atom. The van der Waals surface area contributed by atoms with Crippen molar-refractivity contribution in [2.75, 3.05) is 33.7 Å². The molecule has 0 radical (unpaired) electrons. The lowest BCUT2D eigenvalue weighted by molar-refractivity contribution is 0.235. The smallest absolute Gasteiger partial charge is 0.0187 e. The summed E-state index contributed by atoms with van der Waals surface area (Å²) in [7, 11) is 4.27. The van der Waals surface area contributed by atoms with Gasteiger partial charge in [-0.25, -0.2) is 0 Å². The minimum Gasteiger partial charge on any atom is -0.305 e. The highest BCUT2D eigenvalue weighted by Gasteiger charge is 2.13. The summed E-state index contributed by atoms with van der Waals surface area (Å²) in [6, 6.07) is 0.692. The average molecular weight is 182 g/mol. The Bertz CT molecular complexity index is 183. The molecule has 0 fully saturated rings. The van der Waals surface area contributed by atoms with Crippen molar-refractivity contribution in [1.29, 1.82) is 0 Å². The van der Waals surface area contributed by atoms with Crippen LogP contribution in [-0.4, -0.2) is 49.6 Å². The molecule has 0 aromatic carbocycles. The first kappa shape index (κ1) is 10.7. The molecule has 1 aliphatic heterocycles. The topological polar surface area (TPSA) is 6.48 Å². The Balaban J connectivity index is 2.39. The highest BCUT2D eigenvalue weighted by atomic mass is 15.1. The van der Waals surface area contributed by atoms with Crippen molar-refractivity contribution in [2.24, 2.45) is 0 Å². The van der Waals surface area contributed by atoms with E-state index in [1.807, 2.05) is 0 Å². The molecular weight excluding hydrogens is 160 g/mol. The van der Waals surface area contributed by atoms with Crippen LogP contribution in [-0.2, 0) is 0 Å². The summed E-state index contributed by atoms with van der Waals surface area (Å²) in [5, 5.41) is 0. The van der Waals surface area contributed by atoms with Crippen LogP contribution in [0, 0.1) is 0 Å². The van der Waals surface area contributed by atoms with Crippen LogP contribution < -0.4 is 0 Å². The summed E-state index contributed by atoms with van der Waals surface area (Å²) in [4.78, 5) is 4.76. The largest absolute Gasteiger partial charge is 0.305 e. The third-order valence-corrected chi connectivity index (χ3v) is 2.58. The Morgan fingerprint density at radius 2 is 2.15 bits per heavy atom. The van der Waals surface area contributed by atoms with Crippen molar-refractivity contribution in [3.8, 4) is 0 Å². The number of likely N-dealkylation sites (N-methyl/N-ethyl adjacent to an activating group) is 1. The van der Waals surface area contributed by atoms with Crippen LogP contribution >= 0.6 is 0 Å². The summed E-state index contributed by atoms with van der Waals surface area (Å²) in [6.07, 6.45) is 3.64. The van der Waals surface area contributed by atoms with E-state index in [2.05, 4.69) is 43.8 Å².